The molecule has 0 aromatic heterocycles. The van der Waals surface area contributed by atoms with Gasteiger partial charge in [0.2, 0.25) is 5.91 Å². The van der Waals surface area contributed by atoms with Gasteiger partial charge in [0.1, 0.15) is 12.4 Å². The van der Waals surface area contributed by atoms with Gasteiger partial charge in [-0.15, -0.1) is 0 Å². The van der Waals surface area contributed by atoms with E-state index >= 15 is 0 Å². The molecule has 1 amide bonds. The normalized spacial score (nSPS) is 10.4. The fourth-order valence-corrected chi connectivity index (χ4v) is 2.45. The molecule has 0 fully saturated rings. The Morgan fingerprint density at radius 2 is 1.74 bits per heavy atom. The van der Waals surface area contributed by atoms with E-state index in [-0.39, 0.29) is 0 Å². The summed E-state index contributed by atoms with van der Waals surface area (Å²) < 4.78 is 5.78. The van der Waals surface area contributed by atoms with Crippen molar-refractivity contribution in [1.82, 2.24) is 0 Å². The monoisotopic (exact) mass is 305 g/mol. The van der Waals surface area contributed by atoms with Crippen LogP contribution < -0.4 is 10.5 Å². The molecular weight excluding hydrogens is 290 g/mol. The molecule has 0 aliphatic carbocycles. The molecule has 0 spiro atoms. The van der Waals surface area contributed by atoms with Crippen molar-refractivity contribution in [2.24, 2.45) is 5.73 Å². The first kappa shape index (κ1) is 14.8. The van der Waals surface area contributed by atoms with E-state index < -0.39 is 5.91 Å². The molecular formula is C19H15NO3. The van der Waals surface area contributed by atoms with Crippen LogP contribution in [0.25, 0.3) is 10.8 Å². The van der Waals surface area contributed by atoms with Crippen molar-refractivity contribution < 1.29 is 14.3 Å². The minimum Gasteiger partial charge on any atom is -0.488 e. The lowest BCUT2D eigenvalue weighted by Gasteiger charge is -2.11. The van der Waals surface area contributed by atoms with Crippen molar-refractivity contribution in [1.29, 1.82) is 0 Å². The lowest BCUT2D eigenvalue weighted by molar-refractivity contribution is 0.0999. The summed E-state index contributed by atoms with van der Waals surface area (Å²) in [5, 5.41) is 1.86. The second-order valence-corrected chi connectivity index (χ2v) is 5.17. The number of fused-ring (bicyclic) bond motifs is 1. The van der Waals surface area contributed by atoms with Gasteiger partial charge < -0.3 is 10.5 Å². The van der Waals surface area contributed by atoms with Crippen molar-refractivity contribution in [2.45, 2.75) is 6.61 Å². The molecule has 4 heteroatoms. The highest BCUT2D eigenvalue weighted by Crippen LogP contribution is 2.27. The van der Waals surface area contributed by atoms with Crippen molar-refractivity contribution in [3.8, 4) is 5.75 Å². The molecule has 0 saturated heterocycles. The number of primary amides is 1. The Kier molecular flexibility index (Phi) is 4.06. The minimum absolute atomic E-state index is 0.304. The van der Waals surface area contributed by atoms with Crippen molar-refractivity contribution in [2.75, 3.05) is 0 Å². The summed E-state index contributed by atoms with van der Waals surface area (Å²) in [6, 6.07) is 18.3. The molecule has 2 N–H and O–H groups in total. The Bertz CT molecular complexity index is 869. The lowest BCUT2D eigenvalue weighted by atomic mass is 10.0. The average Bonchev–Trinajstić information content (AvgIpc) is 2.59. The van der Waals surface area contributed by atoms with Crippen LogP contribution in [-0.2, 0) is 6.61 Å². The van der Waals surface area contributed by atoms with E-state index in [0.29, 0.717) is 23.5 Å². The molecule has 0 aliphatic rings. The SMILES string of the molecule is NC(=O)c1ccc(COc2ccc3ccccc3c2C=O)cc1. The van der Waals surface area contributed by atoms with Gasteiger partial charge in [-0.05, 0) is 34.5 Å². The van der Waals surface area contributed by atoms with Crippen LogP contribution in [0.4, 0.5) is 0 Å². The number of hydrogen-bond acceptors (Lipinski definition) is 3. The van der Waals surface area contributed by atoms with Crippen LogP contribution in [0, 0.1) is 0 Å². The Hall–Kier alpha value is -3.14. The van der Waals surface area contributed by atoms with Gasteiger partial charge in [-0.2, -0.15) is 0 Å². The fourth-order valence-electron chi connectivity index (χ4n) is 2.45. The Balaban J connectivity index is 1.84. The lowest BCUT2D eigenvalue weighted by Crippen LogP contribution is -2.10. The fraction of sp³-hybridized carbons (Fsp3) is 0.0526. The highest BCUT2D eigenvalue weighted by Gasteiger charge is 2.08. The highest BCUT2D eigenvalue weighted by atomic mass is 16.5. The zero-order chi connectivity index (χ0) is 16.2. The number of hydrogen-bond donors (Lipinski definition) is 1. The third-order valence-electron chi connectivity index (χ3n) is 3.68. The third kappa shape index (κ3) is 3.06. The van der Waals surface area contributed by atoms with E-state index in [1.165, 1.54) is 0 Å². The maximum atomic E-state index is 11.4. The van der Waals surface area contributed by atoms with Gasteiger partial charge in [0.15, 0.2) is 6.29 Å². The molecule has 0 saturated carbocycles. The molecule has 0 bridgehead atoms. The number of carbonyl (C=O) groups excluding carboxylic acids is 2. The second-order valence-electron chi connectivity index (χ2n) is 5.17. The van der Waals surface area contributed by atoms with Gasteiger partial charge in [-0.25, -0.2) is 0 Å². The summed E-state index contributed by atoms with van der Waals surface area (Å²) in [6.45, 7) is 0.304. The number of carbonyl (C=O) groups is 2. The molecule has 114 valence electrons. The van der Waals surface area contributed by atoms with Gasteiger partial charge in [-0.3, -0.25) is 9.59 Å². The minimum atomic E-state index is -0.463. The van der Waals surface area contributed by atoms with E-state index in [9.17, 15) is 9.59 Å². The summed E-state index contributed by atoms with van der Waals surface area (Å²) in [7, 11) is 0. The van der Waals surface area contributed by atoms with E-state index in [1.54, 1.807) is 30.3 Å². The molecule has 0 aliphatic heterocycles. The van der Waals surface area contributed by atoms with Gasteiger partial charge in [0.05, 0.1) is 5.56 Å². The number of rotatable bonds is 5. The van der Waals surface area contributed by atoms with Crippen LogP contribution in [0.2, 0.25) is 0 Å². The van der Waals surface area contributed by atoms with Crippen LogP contribution in [0.1, 0.15) is 26.3 Å². The molecule has 0 radical (unpaired) electrons. The maximum Gasteiger partial charge on any atom is 0.248 e. The number of nitrogens with two attached hydrogens (primary N) is 1. The molecule has 3 aromatic rings. The summed E-state index contributed by atoms with van der Waals surface area (Å²) in [6.07, 6.45) is 0.813. The Labute approximate surface area is 133 Å². The molecule has 4 nitrogen and oxygen atoms in total. The topological polar surface area (TPSA) is 69.4 Å². The van der Waals surface area contributed by atoms with E-state index in [4.69, 9.17) is 10.5 Å². The Morgan fingerprint density at radius 1 is 1.00 bits per heavy atom. The van der Waals surface area contributed by atoms with Gasteiger partial charge in [0, 0.05) is 5.56 Å². The second kappa shape index (κ2) is 6.32. The van der Waals surface area contributed by atoms with Crippen LogP contribution in [0.3, 0.4) is 0 Å². The molecule has 0 heterocycles. The summed E-state index contributed by atoms with van der Waals surface area (Å²) in [5.74, 6) is 0.0768. The van der Waals surface area contributed by atoms with Gasteiger partial charge >= 0.3 is 0 Å². The molecule has 0 atom stereocenters. The van der Waals surface area contributed by atoms with E-state index in [1.807, 2.05) is 30.3 Å². The molecule has 3 rings (SSSR count). The van der Waals surface area contributed by atoms with Gasteiger partial charge in [-0.1, -0.05) is 42.5 Å². The zero-order valence-corrected chi connectivity index (χ0v) is 12.4. The first-order valence-electron chi connectivity index (χ1n) is 7.17. The van der Waals surface area contributed by atoms with Crippen LogP contribution >= 0.6 is 0 Å². The molecule has 3 aromatic carbocycles. The van der Waals surface area contributed by atoms with Crippen molar-refractivity contribution in [3.05, 3.63) is 77.4 Å². The molecule has 23 heavy (non-hydrogen) atoms. The van der Waals surface area contributed by atoms with Crippen LogP contribution in [0.5, 0.6) is 5.75 Å². The first-order valence-corrected chi connectivity index (χ1v) is 7.17. The smallest absolute Gasteiger partial charge is 0.248 e. The average molecular weight is 305 g/mol. The zero-order valence-electron chi connectivity index (χ0n) is 12.4. The van der Waals surface area contributed by atoms with Crippen molar-refractivity contribution in [3.63, 3.8) is 0 Å². The summed E-state index contributed by atoms with van der Waals surface area (Å²) in [5.41, 5.74) is 7.09. The summed E-state index contributed by atoms with van der Waals surface area (Å²) in [4.78, 5) is 22.5. The predicted octanol–water partition coefficient (Wildman–Crippen LogP) is 3.33. The van der Waals surface area contributed by atoms with Crippen LogP contribution in [0.15, 0.2) is 60.7 Å². The number of benzene rings is 3. The number of aldehydes is 1. The molecule has 0 unspecified atom stereocenters. The van der Waals surface area contributed by atoms with E-state index in [0.717, 1.165) is 22.6 Å². The van der Waals surface area contributed by atoms with E-state index in [2.05, 4.69) is 0 Å². The van der Waals surface area contributed by atoms with Crippen molar-refractivity contribution >= 4 is 23.0 Å². The third-order valence-corrected chi connectivity index (χ3v) is 3.68. The van der Waals surface area contributed by atoms with Crippen LogP contribution in [-0.4, -0.2) is 12.2 Å². The number of ether oxygens (including phenoxy) is 1. The van der Waals surface area contributed by atoms with Gasteiger partial charge in [0.25, 0.3) is 0 Å². The summed E-state index contributed by atoms with van der Waals surface area (Å²) >= 11 is 0. The first-order chi connectivity index (χ1) is 11.2. The number of amides is 1. The quantitative estimate of drug-likeness (QED) is 0.735. The standard InChI is InChI=1S/C19H15NO3/c20-19(22)15-7-5-13(6-8-15)12-23-18-10-9-14-3-1-2-4-16(14)17(18)11-21/h1-11H,12H2,(H2,20,22). The Morgan fingerprint density at radius 3 is 2.43 bits per heavy atom. The predicted molar refractivity (Wildman–Crippen MR) is 88.6 cm³/mol. The highest BCUT2D eigenvalue weighted by molar-refractivity contribution is 6.00. The largest absolute Gasteiger partial charge is 0.488 e. The maximum absolute atomic E-state index is 11.4.